The first-order chi connectivity index (χ1) is 26.8. The van der Waals surface area contributed by atoms with Crippen molar-refractivity contribution < 1.29 is 135 Å². The van der Waals surface area contributed by atoms with Crippen LogP contribution in [-0.4, -0.2) is 31.9 Å². The molecule has 18 nitrogen and oxygen atoms in total. The van der Waals surface area contributed by atoms with Gasteiger partial charge in [-0.05, 0) is 120 Å². The number of aromatic carboxylic acids is 1. The number of rotatable bonds is 10. The molecule has 0 aliphatic heterocycles. The zero-order valence-corrected chi connectivity index (χ0v) is 40.1. The van der Waals surface area contributed by atoms with Gasteiger partial charge < -0.3 is 31.6 Å². The molecule has 6 rings (SSSR count). The molecule has 290 valence electrons. The molecule has 60 heavy (non-hydrogen) atoms. The molecule has 0 fully saturated rings. The van der Waals surface area contributed by atoms with E-state index in [2.05, 4.69) is 30.7 Å². The predicted molar refractivity (Wildman–Crippen MR) is 202 cm³/mol. The van der Waals surface area contributed by atoms with Crippen molar-refractivity contribution in [1.29, 1.82) is 0 Å². The Labute approximate surface area is 408 Å². The Morgan fingerprint density at radius 2 is 1.17 bits per heavy atom. The van der Waals surface area contributed by atoms with Crippen LogP contribution in [0.1, 0.15) is 21.5 Å². The minimum Gasteiger partial charge on any atom is -0.872 e. The van der Waals surface area contributed by atoms with Crippen LogP contribution in [0, 0.1) is 13.8 Å². The van der Waals surface area contributed by atoms with Crippen molar-refractivity contribution in [3.63, 3.8) is 0 Å². The van der Waals surface area contributed by atoms with E-state index in [1.54, 1.807) is 44.2 Å². The fraction of sp³-hybridized carbons (Fsp3) is 0.0541. The number of carboxylic acid groups (broad SMARTS) is 1. The number of anilines is 2. The molecule has 0 spiro atoms. The maximum Gasteiger partial charge on any atom is 1.00 e. The van der Waals surface area contributed by atoms with Crippen LogP contribution < -0.4 is 115 Å². The molecular formula is C37H27N8Na3O10S2. The van der Waals surface area contributed by atoms with Gasteiger partial charge in [0.15, 0.2) is 0 Å². The molecule has 0 aliphatic rings. The van der Waals surface area contributed by atoms with E-state index in [4.69, 9.17) is 11.5 Å². The van der Waals surface area contributed by atoms with Crippen LogP contribution in [0.25, 0.3) is 21.9 Å². The molecule has 0 saturated heterocycles. The molecule has 0 bridgehead atoms. The van der Waals surface area contributed by atoms with Gasteiger partial charge in [-0.25, -0.2) is 0 Å². The van der Waals surface area contributed by atoms with Crippen molar-refractivity contribution in [3.8, 4) is 22.6 Å². The van der Waals surface area contributed by atoms with Crippen LogP contribution in [0.3, 0.4) is 0 Å². The number of carbonyl (C=O) groups is 1. The largest absolute Gasteiger partial charge is 1.00 e. The van der Waals surface area contributed by atoms with Gasteiger partial charge in [-0.3, -0.25) is 9.11 Å². The summed E-state index contributed by atoms with van der Waals surface area (Å²) in [6.45, 7) is 3.46. The summed E-state index contributed by atoms with van der Waals surface area (Å²) in [6, 6.07) is 20.4. The van der Waals surface area contributed by atoms with Gasteiger partial charge >= 0.3 is 88.7 Å². The summed E-state index contributed by atoms with van der Waals surface area (Å²) < 4.78 is 69.1. The SMILES string of the molecule is Cc1cc(-c2ccc(N=Nc3c(S(=O)(=O)O)cc4cc(S(=O)(=O)O)cc(N=Nc5ccc(N)cc5N)c4c3[O-])c(C)c2)ccc1N=Nc1ccc([O-])c(C(=O)[O-])c1.[Na+].[Na+].[Na+]. The number of fused-ring (bicyclic) bond motifs is 1. The Bertz CT molecular complexity index is 2990. The number of benzene rings is 6. The normalized spacial score (nSPS) is 11.7. The van der Waals surface area contributed by atoms with E-state index in [1.165, 1.54) is 24.3 Å². The number of carbonyl (C=O) groups excluding carboxylic acids is 1. The first kappa shape index (κ1) is 50.2. The van der Waals surface area contributed by atoms with Gasteiger partial charge in [-0.2, -0.15) is 32.2 Å². The van der Waals surface area contributed by atoms with E-state index in [0.29, 0.717) is 22.5 Å². The van der Waals surface area contributed by atoms with E-state index < -0.39 is 64.4 Å². The van der Waals surface area contributed by atoms with Crippen LogP contribution in [0.4, 0.5) is 45.5 Å². The average Bonchev–Trinajstić information content (AvgIpc) is 3.13. The number of azo groups is 3. The standard InChI is InChI=1S/C37H30N8O10S2.3Na/c1-18-11-20(3-7-28(18)41-40-24-6-10-32(46)26(16-24)37(48)49)21-4-8-29(19(2)12-21)42-45-35-33(57(53,54)55)14-22-13-25(56(50,51)52)17-31(34(22)36(35)47)44-43-30-9-5-23(38)15-27(30)39;;;/h3-17,46-47H,38-39H2,1-2H3,(H,48,49)(H,50,51,52)(H,53,54,55);;;/q;3*+1/p-3. The van der Waals surface area contributed by atoms with E-state index >= 15 is 0 Å². The summed E-state index contributed by atoms with van der Waals surface area (Å²) in [7, 11) is -10.1. The summed E-state index contributed by atoms with van der Waals surface area (Å²) in [5, 5.41) is 60.3. The Hall–Kier alpha value is -4.13. The molecular weight excluding hydrogens is 850 g/mol. The second kappa shape index (κ2) is 20.2. The molecule has 0 atom stereocenters. The second-order valence-corrected chi connectivity index (χ2v) is 15.2. The number of nitrogen functional groups attached to an aromatic ring is 2. The van der Waals surface area contributed by atoms with Gasteiger partial charge in [-0.15, -0.1) is 15.3 Å². The molecule has 0 aliphatic carbocycles. The zero-order valence-electron chi connectivity index (χ0n) is 32.5. The minimum absolute atomic E-state index is 0. The summed E-state index contributed by atoms with van der Waals surface area (Å²) >= 11 is 0. The Morgan fingerprint density at radius 3 is 1.70 bits per heavy atom. The Kier molecular flexibility index (Phi) is 16.9. The van der Waals surface area contributed by atoms with E-state index in [0.717, 1.165) is 41.5 Å². The molecule has 6 aromatic carbocycles. The van der Waals surface area contributed by atoms with Crippen molar-refractivity contribution >= 4 is 82.5 Å². The van der Waals surface area contributed by atoms with Gasteiger partial charge in [-0.1, -0.05) is 29.7 Å². The fourth-order valence-corrected chi connectivity index (χ4v) is 6.75. The van der Waals surface area contributed by atoms with Gasteiger partial charge in [0.1, 0.15) is 10.6 Å². The van der Waals surface area contributed by atoms with Crippen molar-refractivity contribution in [3.05, 3.63) is 108 Å². The van der Waals surface area contributed by atoms with Gasteiger partial charge in [0.2, 0.25) is 0 Å². The first-order valence-electron chi connectivity index (χ1n) is 16.2. The van der Waals surface area contributed by atoms with Crippen LogP contribution in [0.2, 0.25) is 0 Å². The smallest absolute Gasteiger partial charge is 0.872 e. The second-order valence-electron chi connectivity index (χ2n) is 12.4. The van der Waals surface area contributed by atoms with Crippen molar-refractivity contribution in [1.82, 2.24) is 0 Å². The summed E-state index contributed by atoms with van der Waals surface area (Å²) in [5.74, 6) is -3.45. The number of hydrogen-bond acceptors (Lipinski definition) is 16. The number of carboxylic acids is 1. The molecule has 0 aromatic heterocycles. The Morgan fingerprint density at radius 1 is 0.617 bits per heavy atom. The van der Waals surface area contributed by atoms with Gasteiger partial charge in [0.25, 0.3) is 20.2 Å². The third-order valence-corrected chi connectivity index (χ3v) is 10.1. The van der Waals surface area contributed by atoms with Gasteiger partial charge in [0, 0.05) is 11.1 Å². The monoisotopic (exact) mass is 876 g/mol. The molecule has 0 saturated carbocycles. The maximum atomic E-state index is 14.0. The Balaban J connectivity index is 0.00000320. The summed E-state index contributed by atoms with van der Waals surface area (Å²) in [5.41, 5.74) is 13.9. The minimum atomic E-state index is -5.17. The van der Waals surface area contributed by atoms with E-state index in [-0.39, 0.29) is 122 Å². The average molecular weight is 877 g/mol. The first-order valence-corrected chi connectivity index (χ1v) is 19.1. The number of aryl methyl sites for hydroxylation is 2. The van der Waals surface area contributed by atoms with Crippen LogP contribution >= 0.6 is 0 Å². The molecule has 0 radical (unpaired) electrons. The van der Waals surface area contributed by atoms with Crippen LogP contribution in [0.15, 0.2) is 131 Å². The van der Waals surface area contributed by atoms with E-state index in [9.17, 15) is 46.1 Å². The number of nitrogens with two attached hydrogens (primary N) is 2. The fourth-order valence-electron chi connectivity index (χ4n) is 5.56. The molecule has 6 aromatic rings. The molecule has 0 heterocycles. The molecule has 6 N–H and O–H groups in total. The number of hydrogen-bond donors (Lipinski definition) is 4. The third kappa shape index (κ3) is 11.4. The van der Waals surface area contributed by atoms with Crippen LogP contribution in [0.5, 0.6) is 11.5 Å². The molecule has 23 heteroatoms. The zero-order chi connectivity index (χ0) is 41.4. The van der Waals surface area contributed by atoms with E-state index in [1.807, 2.05) is 6.07 Å². The quantitative estimate of drug-likeness (QED) is 0.0483. The molecule has 0 unspecified atom stereocenters. The summed E-state index contributed by atoms with van der Waals surface area (Å²) in [4.78, 5) is 9.43. The van der Waals surface area contributed by atoms with Crippen molar-refractivity contribution in [2.24, 2.45) is 30.7 Å². The predicted octanol–water partition coefficient (Wildman–Crippen LogP) is -2.45. The molecule has 0 amide bonds. The maximum absolute atomic E-state index is 14.0. The van der Waals surface area contributed by atoms with Crippen molar-refractivity contribution in [2.75, 3.05) is 11.5 Å². The summed E-state index contributed by atoms with van der Waals surface area (Å²) in [6.07, 6.45) is 0. The van der Waals surface area contributed by atoms with Crippen LogP contribution in [-0.2, 0) is 20.2 Å². The van der Waals surface area contributed by atoms with Gasteiger partial charge in [0.05, 0.1) is 45.0 Å². The number of nitrogens with zero attached hydrogens (tertiary/aromatic N) is 6. The topological polar surface area (TPSA) is 321 Å². The van der Waals surface area contributed by atoms with Crippen molar-refractivity contribution in [2.45, 2.75) is 23.6 Å². The third-order valence-electron chi connectivity index (χ3n) is 8.42.